The summed E-state index contributed by atoms with van der Waals surface area (Å²) in [6, 6.07) is 23.2. The van der Waals surface area contributed by atoms with Gasteiger partial charge in [-0.2, -0.15) is 0 Å². The molecule has 4 aromatic rings. The summed E-state index contributed by atoms with van der Waals surface area (Å²) in [6.45, 7) is 0.862. The zero-order valence-electron chi connectivity index (χ0n) is 13.5. The van der Waals surface area contributed by atoms with Crippen molar-refractivity contribution < 1.29 is 0 Å². The lowest BCUT2D eigenvalue weighted by atomic mass is 10.0. The Morgan fingerprint density at radius 2 is 1.76 bits per heavy atom. The van der Waals surface area contributed by atoms with Crippen molar-refractivity contribution in [3.8, 4) is 0 Å². The summed E-state index contributed by atoms with van der Waals surface area (Å²) in [7, 11) is 0. The van der Waals surface area contributed by atoms with Crippen LogP contribution in [0.4, 0.5) is 0 Å². The summed E-state index contributed by atoms with van der Waals surface area (Å²) >= 11 is 7.89. The Morgan fingerprint density at radius 1 is 0.960 bits per heavy atom. The van der Waals surface area contributed by atoms with Gasteiger partial charge in [-0.15, -0.1) is 11.8 Å². The van der Waals surface area contributed by atoms with Crippen LogP contribution in [0.3, 0.4) is 0 Å². The minimum Gasteiger partial charge on any atom is -0.336 e. The maximum absolute atomic E-state index is 6.04. The van der Waals surface area contributed by atoms with Crippen molar-refractivity contribution in [2.75, 3.05) is 0 Å². The van der Waals surface area contributed by atoms with Gasteiger partial charge in [-0.1, -0.05) is 54.1 Å². The van der Waals surface area contributed by atoms with E-state index in [0.717, 1.165) is 11.6 Å². The van der Waals surface area contributed by atoms with Gasteiger partial charge in [0, 0.05) is 28.9 Å². The van der Waals surface area contributed by atoms with Crippen molar-refractivity contribution in [3.05, 3.63) is 96.0 Å². The first-order valence-corrected chi connectivity index (χ1v) is 9.41. The molecule has 2 nitrogen and oxygen atoms in total. The third-order valence-electron chi connectivity index (χ3n) is 4.20. The molecule has 1 heterocycles. The molecule has 0 aliphatic heterocycles. The Hall–Kier alpha value is -2.23. The lowest BCUT2D eigenvalue weighted by Gasteiger charge is -2.20. The van der Waals surface area contributed by atoms with E-state index in [1.807, 2.05) is 42.6 Å². The van der Waals surface area contributed by atoms with Gasteiger partial charge < -0.3 is 4.57 Å². The van der Waals surface area contributed by atoms with Crippen LogP contribution in [-0.4, -0.2) is 9.55 Å². The van der Waals surface area contributed by atoms with Gasteiger partial charge in [0.05, 0.1) is 11.6 Å². The standard InChI is InChI=1S/C21H17ClN2S/c22-17-8-10-18(11-9-17)25-21(14-24-13-12-23-15-24)20-7-3-5-16-4-1-2-6-19(16)20/h1-13,15,21H,14H2. The number of rotatable bonds is 5. The molecule has 0 amide bonds. The first kappa shape index (κ1) is 16.2. The number of hydrogen-bond donors (Lipinski definition) is 0. The number of thioether (sulfide) groups is 1. The minimum absolute atomic E-state index is 0.279. The number of hydrogen-bond acceptors (Lipinski definition) is 2. The summed E-state index contributed by atoms with van der Waals surface area (Å²) in [4.78, 5) is 5.40. The van der Waals surface area contributed by atoms with Crippen molar-refractivity contribution >= 4 is 34.1 Å². The molecule has 1 aromatic heterocycles. The lowest BCUT2D eigenvalue weighted by molar-refractivity contribution is 0.686. The number of imidazole rings is 1. The van der Waals surface area contributed by atoms with Crippen LogP contribution in [0, 0.1) is 0 Å². The quantitative estimate of drug-likeness (QED) is 0.391. The molecule has 25 heavy (non-hydrogen) atoms. The predicted molar refractivity (Wildman–Crippen MR) is 106 cm³/mol. The fraction of sp³-hybridized carbons (Fsp3) is 0.0952. The van der Waals surface area contributed by atoms with Crippen molar-refractivity contribution in [1.29, 1.82) is 0 Å². The molecule has 0 radical (unpaired) electrons. The Kier molecular flexibility index (Phi) is 4.77. The molecule has 0 saturated carbocycles. The monoisotopic (exact) mass is 364 g/mol. The SMILES string of the molecule is Clc1ccc(SC(Cn2ccnc2)c2cccc3ccccc23)cc1. The fourth-order valence-corrected chi connectivity index (χ4v) is 4.32. The summed E-state index contributed by atoms with van der Waals surface area (Å²) < 4.78 is 2.13. The van der Waals surface area contributed by atoms with E-state index in [0.29, 0.717) is 0 Å². The van der Waals surface area contributed by atoms with Gasteiger partial charge in [0.15, 0.2) is 0 Å². The van der Waals surface area contributed by atoms with Gasteiger partial charge in [-0.05, 0) is 40.6 Å². The second kappa shape index (κ2) is 7.34. The van der Waals surface area contributed by atoms with Crippen molar-refractivity contribution in [2.24, 2.45) is 0 Å². The molecule has 0 bridgehead atoms. The van der Waals surface area contributed by atoms with Gasteiger partial charge >= 0.3 is 0 Å². The molecule has 1 atom stereocenters. The van der Waals surface area contributed by atoms with Crippen LogP contribution in [0.15, 0.2) is 90.3 Å². The Morgan fingerprint density at radius 3 is 2.56 bits per heavy atom. The predicted octanol–water partition coefficient (Wildman–Crippen LogP) is 6.22. The van der Waals surface area contributed by atoms with Crippen LogP contribution in [0.25, 0.3) is 10.8 Å². The van der Waals surface area contributed by atoms with Gasteiger partial charge in [0.1, 0.15) is 0 Å². The Bertz CT molecular complexity index is 960. The number of fused-ring (bicyclic) bond motifs is 1. The molecule has 0 spiro atoms. The highest BCUT2D eigenvalue weighted by Crippen LogP contribution is 2.39. The zero-order valence-corrected chi connectivity index (χ0v) is 15.1. The van der Waals surface area contributed by atoms with Crippen LogP contribution >= 0.6 is 23.4 Å². The summed E-state index contributed by atoms with van der Waals surface area (Å²) in [5, 5.41) is 3.62. The van der Waals surface area contributed by atoms with E-state index in [2.05, 4.69) is 64.1 Å². The van der Waals surface area contributed by atoms with Gasteiger partial charge in [0.25, 0.3) is 0 Å². The maximum atomic E-state index is 6.04. The Labute approximate surface area is 156 Å². The zero-order chi connectivity index (χ0) is 17.1. The average molecular weight is 365 g/mol. The molecular formula is C21H17ClN2S. The smallest absolute Gasteiger partial charge is 0.0946 e. The third-order valence-corrected chi connectivity index (χ3v) is 5.68. The highest BCUT2D eigenvalue weighted by Gasteiger charge is 2.16. The normalized spacial score (nSPS) is 12.4. The van der Waals surface area contributed by atoms with Gasteiger partial charge in [-0.3, -0.25) is 0 Å². The molecule has 3 aromatic carbocycles. The van der Waals surface area contributed by atoms with Crippen LogP contribution in [0.1, 0.15) is 10.8 Å². The van der Waals surface area contributed by atoms with E-state index in [9.17, 15) is 0 Å². The molecule has 0 aliphatic rings. The van der Waals surface area contributed by atoms with E-state index in [4.69, 9.17) is 11.6 Å². The molecule has 0 aliphatic carbocycles. The second-order valence-corrected chi connectivity index (χ2v) is 7.60. The highest BCUT2D eigenvalue weighted by molar-refractivity contribution is 7.99. The summed E-state index contributed by atoms with van der Waals surface area (Å²) in [6.07, 6.45) is 5.72. The van der Waals surface area contributed by atoms with E-state index in [-0.39, 0.29) is 5.25 Å². The first-order valence-electron chi connectivity index (χ1n) is 8.15. The maximum Gasteiger partial charge on any atom is 0.0946 e. The lowest BCUT2D eigenvalue weighted by Crippen LogP contribution is -2.05. The van der Waals surface area contributed by atoms with Gasteiger partial charge in [0.2, 0.25) is 0 Å². The topological polar surface area (TPSA) is 17.8 Å². The van der Waals surface area contributed by atoms with Crippen LogP contribution < -0.4 is 0 Å². The van der Waals surface area contributed by atoms with E-state index in [1.54, 1.807) is 0 Å². The fourth-order valence-electron chi connectivity index (χ4n) is 2.99. The number of aromatic nitrogens is 2. The van der Waals surface area contributed by atoms with E-state index in [1.165, 1.54) is 21.2 Å². The number of nitrogens with zero attached hydrogens (tertiary/aromatic N) is 2. The molecule has 4 heteroatoms. The van der Waals surface area contributed by atoms with Crippen molar-refractivity contribution in [2.45, 2.75) is 16.7 Å². The van der Waals surface area contributed by atoms with E-state index < -0.39 is 0 Å². The molecule has 0 fully saturated rings. The number of benzene rings is 3. The summed E-state index contributed by atoms with van der Waals surface area (Å²) in [5.41, 5.74) is 1.34. The molecule has 1 unspecified atom stereocenters. The Balaban J connectivity index is 1.74. The second-order valence-electron chi connectivity index (χ2n) is 5.89. The van der Waals surface area contributed by atoms with Crippen molar-refractivity contribution in [1.82, 2.24) is 9.55 Å². The molecule has 124 valence electrons. The largest absolute Gasteiger partial charge is 0.336 e. The van der Waals surface area contributed by atoms with Crippen LogP contribution in [0.5, 0.6) is 0 Å². The minimum atomic E-state index is 0.279. The molecule has 4 rings (SSSR count). The third kappa shape index (κ3) is 3.73. The molecular weight excluding hydrogens is 348 g/mol. The van der Waals surface area contributed by atoms with Crippen LogP contribution in [0.2, 0.25) is 5.02 Å². The van der Waals surface area contributed by atoms with Crippen molar-refractivity contribution in [3.63, 3.8) is 0 Å². The first-order chi connectivity index (χ1) is 12.3. The number of halogens is 1. The molecule has 0 N–H and O–H groups in total. The van der Waals surface area contributed by atoms with E-state index >= 15 is 0 Å². The summed E-state index contributed by atoms with van der Waals surface area (Å²) in [5.74, 6) is 0. The molecule has 0 saturated heterocycles. The van der Waals surface area contributed by atoms with Crippen LogP contribution in [-0.2, 0) is 6.54 Å². The van der Waals surface area contributed by atoms with Gasteiger partial charge in [-0.25, -0.2) is 4.98 Å². The average Bonchev–Trinajstić information content (AvgIpc) is 3.16. The highest BCUT2D eigenvalue weighted by atomic mass is 35.5.